The summed E-state index contributed by atoms with van der Waals surface area (Å²) in [5.74, 6) is 0.0555. The first-order valence-corrected chi connectivity index (χ1v) is 11.2. The number of allylic oxidation sites excluding steroid dienone is 2. The van der Waals surface area contributed by atoms with Gasteiger partial charge in [-0.2, -0.15) is 23.7 Å². The number of H-pyrrole nitrogens is 1. The first-order valence-electron chi connectivity index (χ1n) is 10.0. The molecule has 0 radical (unpaired) electrons. The van der Waals surface area contributed by atoms with Gasteiger partial charge in [-0.25, -0.2) is 14.5 Å². The molecular weight excluding hydrogens is 513 g/mol. The van der Waals surface area contributed by atoms with Gasteiger partial charge in [-0.15, -0.1) is 5.10 Å². The Bertz CT molecular complexity index is 1440. The number of hydrogen-bond donors (Lipinski definition) is 1. The molecule has 1 atom stereocenters. The molecule has 0 spiro atoms. The van der Waals surface area contributed by atoms with Crippen LogP contribution in [-0.2, 0) is 12.6 Å². The van der Waals surface area contributed by atoms with Crippen LogP contribution in [0, 0.1) is 22.7 Å². The van der Waals surface area contributed by atoms with Crippen molar-refractivity contribution in [3.05, 3.63) is 86.5 Å². The minimum atomic E-state index is -4.57. The summed E-state index contributed by atoms with van der Waals surface area (Å²) < 4.78 is 41.3. The average Bonchev–Trinajstić information content (AvgIpc) is 3.19. The van der Waals surface area contributed by atoms with Crippen LogP contribution in [0.3, 0.4) is 0 Å². The molecule has 0 aliphatic carbocycles. The number of nitrogens with zero attached hydrogens (tertiary/aromatic N) is 5. The molecule has 0 saturated heterocycles. The summed E-state index contributed by atoms with van der Waals surface area (Å²) in [5, 5.41) is 26.4. The molecule has 0 saturated carbocycles. The van der Waals surface area contributed by atoms with Crippen LogP contribution in [0.5, 0.6) is 0 Å². The molecule has 7 nitrogen and oxygen atoms in total. The molecule has 1 aliphatic heterocycles. The second-order valence-electron chi connectivity index (χ2n) is 7.56. The van der Waals surface area contributed by atoms with Crippen molar-refractivity contribution in [2.75, 3.05) is 10.2 Å². The van der Waals surface area contributed by atoms with Crippen LogP contribution in [0.4, 0.5) is 24.8 Å². The van der Waals surface area contributed by atoms with Crippen LogP contribution in [0.2, 0.25) is 0 Å². The fraction of sp³-hybridized carbons (Fsp3) is 0.217. The van der Waals surface area contributed by atoms with Gasteiger partial charge in [-0.05, 0) is 54.8 Å². The molecule has 34 heavy (non-hydrogen) atoms. The number of nitriles is 2. The lowest BCUT2D eigenvalue weighted by Gasteiger charge is -2.35. The number of nitrogens with one attached hydrogen (secondary N) is 1. The van der Waals surface area contributed by atoms with Gasteiger partial charge in [0.15, 0.2) is 0 Å². The summed E-state index contributed by atoms with van der Waals surface area (Å²) in [7, 11) is 0. The Morgan fingerprint density at radius 1 is 1.18 bits per heavy atom. The van der Waals surface area contributed by atoms with E-state index in [1.807, 2.05) is 0 Å². The van der Waals surface area contributed by atoms with E-state index in [-0.39, 0.29) is 17.2 Å². The van der Waals surface area contributed by atoms with Crippen LogP contribution in [0.1, 0.15) is 35.2 Å². The summed E-state index contributed by atoms with van der Waals surface area (Å²) in [4.78, 5) is 14.2. The Labute approximate surface area is 200 Å². The molecule has 172 valence electrons. The van der Waals surface area contributed by atoms with Crippen LogP contribution >= 0.6 is 15.9 Å². The molecule has 1 unspecified atom stereocenters. The summed E-state index contributed by atoms with van der Waals surface area (Å²) in [6.45, 7) is 1.60. The fourth-order valence-electron chi connectivity index (χ4n) is 4.11. The van der Waals surface area contributed by atoms with Gasteiger partial charge in [0.2, 0.25) is 5.95 Å². The Kier molecular flexibility index (Phi) is 6.07. The Hall–Kier alpha value is -3.83. The predicted molar refractivity (Wildman–Crippen MR) is 122 cm³/mol. The molecule has 2 heterocycles. The number of aromatic amines is 1. The molecule has 11 heteroatoms. The molecule has 2 aromatic carbocycles. The summed E-state index contributed by atoms with van der Waals surface area (Å²) in [6.07, 6.45) is -4.04. The quantitative estimate of drug-likeness (QED) is 0.483. The van der Waals surface area contributed by atoms with Crippen molar-refractivity contribution in [1.29, 1.82) is 10.5 Å². The zero-order chi connectivity index (χ0) is 24.6. The molecule has 3 aromatic rings. The lowest BCUT2D eigenvalue weighted by atomic mass is 9.90. The molecule has 0 amide bonds. The summed E-state index contributed by atoms with van der Waals surface area (Å²) in [5.41, 5.74) is 0.956. The number of halogens is 4. The molecule has 0 bridgehead atoms. The van der Waals surface area contributed by atoms with E-state index < -0.39 is 23.5 Å². The van der Waals surface area contributed by atoms with Gasteiger partial charge in [0, 0.05) is 16.7 Å². The molecule has 4 rings (SSSR count). The van der Waals surface area contributed by atoms with E-state index in [1.165, 1.54) is 21.6 Å². The van der Waals surface area contributed by atoms with Crippen molar-refractivity contribution in [3.63, 3.8) is 0 Å². The van der Waals surface area contributed by atoms with Crippen LogP contribution in [0.25, 0.3) is 0 Å². The summed E-state index contributed by atoms with van der Waals surface area (Å²) >= 11 is 3.39. The topological polar surface area (TPSA) is 101 Å². The number of rotatable bonds is 4. The first kappa shape index (κ1) is 23.3. The maximum atomic E-state index is 13.4. The molecule has 0 fully saturated rings. The van der Waals surface area contributed by atoms with Crippen molar-refractivity contribution in [2.45, 2.75) is 25.6 Å². The van der Waals surface area contributed by atoms with Gasteiger partial charge in [0.25, 0.3) is 0 Å². The number of benzene rings is 2. The van der Waals surface area contributed by atoms with Gasteiger partial charge in [0.05, 0.1) is 28.8 Å². The van der Waals surface area contributed by atoms with Crippen LogP contribution < -0.4 is 10.6 Å². The number of fused-ring (bicyclic) bond motifs is 1. The number of alkyl halides is 4. The maximum absolute atomic E-state index is 13.4. The van der Waals surface area contributed by atoms with Crippen molar-refractivity contribution in [1.82, 2.24) is 14.8 Å². The van der Waals surface area contributed by atoms with E-state index in [2.05, 4.69) is 38.3 Å². The molecule has 1 N–H and O–H groups in total. The minimum absolute atomic E-state index is 0.0555. The highest BCUT2D eigenvalue weighted by Crippen LogP contribution is 2.43. The van der Waals surface area contributed by atoms with Gasteiger partial charge in [0.1, 0.15) is 6.04 Å². The second kappa shape index (κ2) is 8.84. The first-order chi connectivity index (χ1) is 16.2. The Morgan fingerprint density at radius 2 is 1.94 bits per heavy atom. The SMILES string of the molecule is CC1=C(C#N)C(c2ccc(C#N)cc2CCBr)n2c(n[nH]c2=O)N1c1cccc(C(F)(F)F)c1. The van der Waals surface area contributed by atoms with E-state index in [0.29, 0.717) is 28.6 Å². The average molecular weight is 529 g/mol. The van der Waals surface area contributed by atoms with Crippen LogP contribution in [0.15, 0.2) is 58.5 Å². The van der Waals surface area contributed by atoms with Gasteiger partial charge < -0.3 is 0 Å². The van der Waals surface area contributed by atoms with E-state index >= 15 is 0 Å². The van der Waals surface area contributed by atoms with E-state index in [0.717, 1.165) is 17.7 Å². The number of hydrogen-bond acceptors (Lipinski definition) is 5. The van der Waals surface area contributed by atoms with Gasteiger partial charge >= 0.3 is 11.9 Å². The van der Waals surface area contributed by atoms with E-state index in [4.69, 9.17) is 0 Å². The van der Waals surface area contributed by atoms with Crippen molar-refractivity contribution < 1.29 is 13.2 Å². The highest BCUT2D eigenvalue weighted by Gasteiger charge is 2.38. The van der Waals surface area contributed by atoms with Crippen molar-refractivity contribution >= 4 is 27.6 Å². The van der Waals surface area contributed by atoms with Gasteiger partial charge in [-0.1, -0.05) is 28.1 Å². The second-order valence-corrected chi connectivity index (χ2v) is 8.35. The number of aryl methyl sites for hydroxylation is 1. The third kappa shape index (κ3) is 3.88. The van der Waals surface area contributed by atoms with Crippen LogP contribution in [-0.4, -0.2) is 20.1 Å². The monoisotopic (exact) mass is 528 g/mol. The Morgan fingerprint density at radius 3 is 2.59 bits per heavy atom. The summed E-state index contributed by atoms with van der Waals surface area (Å²) in [6, 6.07) is 12.9. The zero-order valence-electron chi connectivity index (χ0n) is 17.7. The van der Waals surface area contributed by atoms with Crippen molar-refractivity contribution in [2.24, 2.45) is 0 Å². The molecular formula is C23H16BrF3N6O. The molecule has 1 aromatic heterocycles. The largest absolute Gasteiger partial charge is 0.416 e. The zero-order valence-corrected chi connectivity index (χ0v) is 19.3. The smallest absolute Gasteiger partial charge is 0.282 e. The third-order valence-corrected chi connectivity index (χ3v) is 6.02. The molecule has 1 aliphatic rings. The predicted octanol–water partition coefficient (Wildman–Crippen LogP) is 4.94. The highest BCUT2D eigenvalue weighted by atomic mass is 79.9. The normalized spacial score (nSPS) is 15.6. The van der Waals surface area contributed by atoms with E-state index in [1.54, 1.807) is 25.1 Å². The van der Waals surface area contributed by atoms with Gasteiger partial charge in [-0.3, -0.25) is 4.90 Å². The Balaban J connectivity index is 1.98. The standard InChI is InChI=1S/C23H16BrF3N6O/c1-13-19(12-29)20(18-6-5-14(11-28)9-15(18)7-8-24)33-21(30-31-22(33)34)32(13)17-4-2-3-16(10-17)23(25,26)27/h2-6,9-10,20H,7-8H2,1H3,(H,31,34). The number of aromatic nitrogens is 3. The van der Waals surface area contributed by atoms with E-state index in [9.17, 15) is 28.5 Å². The lowest BCUT2D eigenvalue weighted by Crippen LogP contribution is -2.35. The fourth-order valence-corrected chi connectivity index (χ4v) is 4.54. The highest BCUT2D eigenvalue weighted by molar-refractivity contribution is 9.09. The third-order valence-electron chi connectivity index (χ3n) is 5.63. The van der Waals surface area contributed by atoms with Crippen molar-refractivity contribution in [3.8, 4) is 12.1 Å². The number of anilines is 2. The minimum Gasteiger partial charge on any atom is -0.282 e. The maximum Gasteiger partial charge on any atom is 0.416 e. The lowest BCUT2D eigenvalue weighted by molar-refractivity contribution is -0.137.